The number of nitrogens with one attached hydrogen (secondary N) is 1. The Morgan fingerprint density at radius 1 is 1.38 bits per heavy atom. The maximum Gasteiger partial charge on any atom is 0.321 e. The van der Waals surface area contributed by atoms with E-state index in [0.29, 0.717) is 19.6 Å². The lowest BCUT2D eigenvalue weighted by Crippen LogP contribution is -2.37. The lowest BCUT2D eigenvalue weighted by atomic mass is 10.2. The van der Waals surface area contributed by atoms with E-state index in [1.165, 1.54) is 4.90 Å². The topological polar surface area (TPSA) is 59.4 Å². The highest BCUT2D eigenvalue weighted by Gasteiger charge is 2.22. The lowest BCUT2D eigenvalue weighted by Gasteiger charge is -2.23. The summed E-state index contributed by atoms with van der Waals surface area (Å²) in [6.07, 6.45) is 1.83. The molecule has 2 rings (SSSR count). The molecule has 1 heterocycles. The zero-order chi connectivity index (χ0) is 17.7. The van der Waals surface area contributed by atoms with E-state index in [0.717, 1.165) is 25.0 Å². The molecule has 1 fully saturated rings. The number of nitrogens with zero attached hydrogens (tertiary/aromatic N) is 3. The molecule has 1 aromatic rings. The van der Waals surface area contributed by atoms with Crippen molar-refractivity contribution in [2.75, 3.05) is 36.4 Å². The van der Waals surface area contributed by atoms with Crippen molar-refractivity contribution < 1.29 is 13.6 Å². The van der Waals surface area contributed by atoms with Crippen LogP contribution in [0.3, 0.4) is 0 Å². The van der Waals surface area contributed by atoms with Gasteiger partial charge in [-0.05, 0) is 38.8 Å². The Kier molecular flexibility index (Phi) is 5.96. The molecular formula is C17H22F2N4O. The van der Waals surface area contributed by atoms with Crippen molar-refractivity contribution in [2.45, 2.75) is 26.7 Å². The maximum absolute atomic E-state index is 14.3. The van der Waals surface area contributed by atoms with Gasteiger partial charge in [-0.25, -0.2) is 13.6 Å². The van der Waals surface area contributed by atoms with E-state index in [4.69, 9.17) is 5.26 Å². The summed E-state index contributed by atoms with van der Waals surface area (Å²) in [6, 6.07) is 3.85. The number of rotatable bonds is 5. The first-order valence-corrected chi connectivity index (χ1v) is 8.15. The molecule has 0 radical (unpaired) electrons. The van der Waals surface area contributed by atoms with Crippen LogP contribution in [0.4, 0.5) is 25.0 Å². The summed E-state index contributed by atoms with van der Waals surface area (Å²) in [5.74, 6) is -1.68. The number of benzene rings is 1. The van der Waals surface area contributed by atoms with Crippen LogP contribution in [0.2, 0.25) is 0 Å². The van der Waals surface area contributed by atoms with Crippen molar-refractivity contribution in [1.82, 2.24) is 4.90 Å². The molecule has 0 saturated carbocycles. The molecule has 0 aromatic heterocycles. The van der Waals surface area contributed by atoms with Gasteiger partial charge >= 0.3 is 6.03 Å². The highest BCUT2D eigenvalue weighted by Crippen LogP contribution is 2.29. The normalized spacial score (nSPS) is 15.0. The van der Waals surface area contributed by atoms with Gasteiger partial charge in [-0.15, -0.1) is 0 Å². The summed E-state index contributed by atoms with van der Waals surface area (Å²) in [4.78, 5) is 15.3. The molecule has 1 aromatic carbocycles. The third kappa shape index (κ3) is 4.13. The quantitative estimate of drug-likeness (QED) is 0.894. The van der Waals surface area contributed by atoms with Gasteiger partial charge in [0.1, 0.15) is 5.69 Å². The van der Waals surface area contributed by atoms with E-state index in [2.05, 4.69) is 11.4 Å². The predicted octanol–water partition coefficient (Wildman–Crippen LogP) is 3.58. The number of hydrogen-bond donors (Lipinski definition) is 1. The molecule has 0 unspecified atom stereocenters. The highest BCUT2D eigenvalue weighted by atomic mass is 19.1. The third-order valence-corrected chi connectivity index (χ3v) is 4.07. The monoisotopic (exact) mass is 336 g/mol. The van der Waals surface area contributed by atoms with E-state index in [-0.39, 0.29) is 23.8 Å². The molecule has 5 nitrogen and oxygen atoms in total. The largest absolute Gasteiger partial charge is 0.367 e. The zero-order valence-electron chi connectivity index (χ0n) is 14.0. The van der Waals surface area contributed by atoms with Crippen molar-refractivity contribution in [1.29, 1.82) is 5.26 Å². The van der Waals surface area contributed by atoms with Crippen LogP contribution in [-0.2, 0) is 0 Å². The van der Waals surface area contributed by atoms with Crippen molar-refractivity contribution in [3.8, 4) is 6.07 Å². The van der Waals surface area contributed by atoms with Gasteiger partial charge in [-0.3, -0.25) is 0 Å². The molecule has 1 aliphatic rings. The lowest BCUT2D eigenvalue weighted by molar-refractivity contribution is 0.210. The minimum atomic E-state index is -0.680. The maximum atomic E-state index is 14.3. The third-order valence-electron chi connectivity index (χ3n) is 4.07. The summed E-state index contributed by atoms with van der Waals surface area (Å²) in [5.41, 5.74) is 0.0388. The van der Waals surface area contributed by atoms with Crippen LogP contribution in [0.15, 0.2) is 12.1 Å². The first-order valence-electron chi connectivity index (χ1n) is 8.15. The molecule has 130 valence electrons. The van der Waals surface area contributed by atoms with Crippen LogP contribution in [0.5, 0.6) is 0 Å². The van der Waals surface area contributed by atoms with E-state index in [9.17, 15) is 13.6 Å². The molecule has 1 N–H and O–H groups in total. The number of halogens is 2. The van der Waals surface area contributed by atoms with Crippen molar-refractivity contribution in [3.63, 3.8) is 0 Å². The highest BCUT2D eigenvalue weighted by molar-refractivity contribution is 5.89. The van der Waals surface area contributed by atoms with Crippen LogP contribution in [0.25, 0.3) is 0 Å². The van der Waals surface area contributed by atoms with Crippen LogP contribution < -0.4 is 10.2 Å². The van der Waals surface area contributed by atoms with Gasteiger partial charge in [0, 0.05) is 31.9 Å². The van der Waals surface area contributed by atoms with Crippen LogP contribution in [-0.4, -0.2) is 37.1 Å². The van der Waals surface area contributed by atoms with Crippen LogP contribution >= 0.6 is 0 Å². The Morgan fingerprint density at radius 2 is 1.96 bits per heavy atom. The Bertz CT molecular complexity index is 615. The molecule has 2 amide bonds. The predicted molar refractivity (Wildman–Crippen MR) is 88.8 cm³/mol. The molecule has 0 aliphatic carbocycles. The zero-order valence-corrected chi connectivity index (χ0v) is 14.0. The van der Waals surface area contributed by atoms with Crippen molar-refractivity contribution >= 4 is 17.4 Å². The second-order valence-electron chi connectivity index (χ2n) is 5.98. The summed E-state index contributed by atoms with van der Waals surface area (Å²) in [5, 5.41) is 11.3. The van der Waals surface area contributed by atoms with Gasteiger partial charge in [-0.2, -0.15) is 5.26 Å². The van der Waals surface area contributed by atoms with E-state index in [1.807, 2.05) is 0 Å². The number of urea groups is 1. The Balaban J connectivity index is 2.12. The molecule has 24 heavy (non-hydrogen) atoms. The number of carbonyl (C=O) groups is 1. The molecular weight excluding hydrogens is 314 g/mol. The van der Waals surface area contributed by atoms with Gasteiger partial charge in [0.05, 0.1) is 12.0 Å². The first kappa shape index (κ1) is 18.0. The van der Waals surface area contributed by atoms with Gasteiger partial charge in [0.15, 0.2) is 11.6 Å². The number of anilines is 2. The summed E-state index contributed by atoms with van der Waals surface area (Å²) >= 11 is 0. The molecule has 0 spiro atoms. The Morgan fingerprint density at radius 3 is 2.46 bits per heavy atom. The average molecular weight is 336 g/mol. The smallest absolute Gasteiger partial charge is 0.321 e. The van der Waals surface area contributed by atoms with Gasteiger partial charge in [-0.1, -0.05) is 0 Å². The summed E-state index contributed by atoms with van der Waals surface area (Å²) < 4.78 is 28.5. The minimum absolute atomic E-state index is 0.0315. The fraction of sp³-hybridized carbons (Fsp3) is 0.529. The minimum Gasteiger partial charge on any atom is -0.367 e. The standard InChI is InChI=1S/C17H22F2N4O/c1-3-22(11-12(2)10-20)17(24)21-13-8-14(18)16(15(19)9-13)23-6-4-5-7-23/h8-9,12H,3-7,11H2,1-2H3,(H,21,24)/t12-/m1/s1. The molecule has 1 saturated heterocycles. The van der Waals surface area contributed by atoms with Gasteiger partial charge < -0.3 is 15.1 Å². The Labute approximate surface area is 140 Å². The van der Waals surface area contributed by atoms with Crippen LogP contribution in [0.1, 0.15) is 26.7 Å². The van der Waals surface area contributed by atoms with Gasteiger partial charge in [0.25, 0.3) is 0 Å². The molecule has 1 aliphatic heterocycles. The number of amides is 2. The number of hydrogen-bond acceptors (Lipinski definition) is 3. The average Bonchev–Trinajstić information content (AvgIpc) is 3.05. The second kappa shape index (κ2) is 7.95. The van der Waals surface area contributed by atoms with Crippen molar-refractivity contribution in [3.05, 3.63) is 23.8 Å². The molecule has 1 atom stereocenters. The van der Waals surface area contributed by atoms with Crippen LogP contribution in [0, 0.1) is 28.9 Å². The van der Waals surface area contributed by atoms with E-state index >= 15 is 0 Å². The van der Waals surface area contributed by atoms with Gasteiger partial charge in [0.2, 0.25) is 0 Å². The second-order valence-corrected chi connectivity index (χ2v) is 5.98. The summed E-state index contributed by atoms with van der Waals surface area (Å²) in [6.45, 7) is 5.41. The Hall–Kier alpha value is -2.36. The number of carbonyl (C=O) groups excluding carboxylic acids is 1. The number of nitriles is 1. The first-order chi connectivity index (χ1) is 11.5. The van der Waals surface area contributed by atoms with E-state index in [1.54, 1.807) is 18.7 Å². The SMILES string of the molecule is CCN(C[C@H](C)C#N)C(=O)Nc1cc(F)c(N2CCCC2)c(F)c1. The fourth-order valence-electron chi connectivity index (χ4n) is 2.81. The fourth-order valence-corrected chi connectivity index (χ4v) is 2.81. The molecule has 0 bridgehead atoms. The summed E-state index contributed by atoms with van der Waals surface area (Å²) in [7, 11) is 0. The van der Waals surface area contributed by atoms with E-state index < -0.39 is 17.7 Å². The molecule has 7 heteroatoms. The van der Waals surface area contributed by atoms with Crippen molar-refractivity contribution in [2.24, 2.45) is 5.92 Å².